The lowest BCUT2D eigenvalue weighted by Crippen LogP contribution is -1.92. The number of aromatic nitrogens is 3. The number of hydrogen-bond acceptors (Lipinski definition) is 2. The van der Waals surface area contributed by atoms with Crippen LogP contribution in [0.15, 0.2) is 152 Å². The minimum absolute atomic E-state index is 0.961. The van der Waals surface area contributed by atoms with Crippen molar-refractivity contribution in [3.05, 3.63) is 152 Å². The summed E-state index contributed by atoms with van der Waals surface area (Å²) in [5, 5.41) is 1.22. The molecule has 0 saturated heterocycles. The van der Waals surface area contributed by atoms with E-state index in [2.05, 4.69) is 132 Å². The van der Waals surface area contributed by atoms with E-state index in [0.29, 0.717) is 0 Å². The van der Waals surface area contributed by atoms with Crippen LogP contribution in [0.4, 0.5) is 0 Å². The maximum absolute atomic E-state index is 5.07. The molecule has 5 aromatic carbocycles. The second-order valence-corrected chi connectivity index (χ2v) is 10.3. The van der Waals surface area contributed by atoms with Gasteiger partial charge < -0.3 is 4.40 Å². The first-order chi connectivity index (χ1) is 20.3. The molecule has 8 aromatic rings. The molecule has 0 aliphatic heterocycles. The van der Waals surface area contributed by atoms with Crippen molar-refractivity contribution in [2.45, 2.75) is 0 Å². The van der Waals surface area contributed by atoms with Gasteiger partial charge in [0.25, 0.3) is 0 Å². The molecule has 41 heavy (non-hydrogen) atoms. The SMILES string of the molecule is c1ccc(-c2cc(-c3cccc(-c4c5ccccc5n5c4cnc4ccccc45)c3)cc(-c3ccccc3)n2)cc1. The molecular weight excluding hydrogens is 498 g/mol. The van der Waals surface area contributed by atoms with Gasteiger partial charge >= 0.3 is 0 Å². The van der Waals surface area contributed by atoms with Crippen LogP contribution in [0, 0.1) is 0 Å². The second kappa shape index (κ2) is 9.58. The fourth-order valence-electron chi connectivity index (χ4n) is 5.90. The molecule has 3 nitrogen and oxygen atoms in total. The van der Waals surface area contributed by atoms with Crippen LogP contribution in [-0.4, -0.2) is 14.4 Å². The molecule has 0 aliphatic carbocycles. The van der Waals surface area contributed by atoms with Gasteiger partial charge in [0.2, 0.25) is 0 Å². The van der Waals surface area contributed by atoms with Gasteiger partial charge in [0, 0.05) is 22.1 Å². The van der Waals surface area contributed by atoms with E-state index in [9.17, 15) is 0 Å². The van der Waals surface area contributed by atoms with E-state index in [1.165, 1.54) is 16.5 Å². The van der Waals surface area contributed by atoms with Crippen molar-refractivity contribution in [1.82, 2.24) is 14.4 Å². The van der Waals surface area contributed by atoms with Crippen molar-refractivity contribution >= 4 is 27.5 Å². The molecule has 0 radical (unpaired) electrons. The fourth-order valence-corrected chi connectivity index (χ4v) is 5.90. The number of nitrogens with zero attached hydrogens (tertiary/aromatic N) is 3. The number of para-hydroxylation sites is 3. The highest BCUT2D eigenvalue weighted by molar-refractivity contribution is 6.08. The highest BCUT2D eigenvalue weighted by Gasteiger charge is 2.17. The average molecular weight is 524 g/mol. The third-order valence-electron chi connectivity index (χ3n) is 7.81. The quantitative estimate of drug-likeness (QED) is 0.230. The first kappa shape index (κ1) is 23.4. The van der Waals surface area contributed by atoms with E-state index >= 15 is 0 Å². The van der Waals surface area contributed by atoms with Gasteiger partial charge in [-0.05, 0) is 53.1 Å². The summed E-state index contributed by atoms with van der Waals surface area (Å²) < 4.78 is 2.34. The van der Waals surface area contributed by atoms with Crippen molar-refractivity contribution in [3.8, 4) is 44.8 Å². The molecule has 0 aliphatic rings. The monoisotopic (exact) mass is 523 g/mol. The van der Waals surface area contributed by atoms with Crippen LogP contribution < -0.4 is 0 Å². The lowest BCUT2D eigenvalue weighted by Gasteiger charge is -2.12. The van der Waals surface area contributed by atoms with Crippen LogP contribution in [0.1, 0.15) is 0 Å². The van der Waals surface area contributed by atoms with Crippen LogP contribution in [-0.2, 0) is 0 Å². The van der Waals surface area contributed by atoms with Crippen LogP contribution >= 0.6 is 0 Å². The molecule has 8 rings (SSSR count). The van der Waals surface area contributed by atoms with Crippen LogP contribution in [0.2, 0.25) is 0 Å². The molecule has 0 spiro atoms. The molecule has 192 valence electrons. The van der Waals surface area contributed by atoms with Gasteiger partial charge in [-0.3, -0.25) is 4.98 Å². The summed E-state index contributed by atoms with van der Waals surface area (Å²) in [5.74, 6) is 0. The standard InChI is InChI=1S/C38H25N3/c1-3-12-26(13-4-1)33-23-30(24-34(40-33)27-14-5-2-6-15-27)28-16-11-17-29(22-28)38-31-18-7-9-20-35(31)41-36-21-10-8-19-32(36)39-25-37(38)41/h1-25H. The highest BCUT2D eigenvalue weighted by atomic mass is 14.9. The Bertz CT molecular complexity index is 2140. The van der Waals surface area contributed by atoms with Crippen LogP contribution in [0.5, 0.6) is 0 Å². The Morgan fingerprint density at radius 3 is 1.73 bits per heavy atom. The smallest absolute Gasteiger partial charge is 0.0871 e. The fraction of sp³-hybridized carbons (Fsp3) is 0. The van der Waals surface area contributed by atoms with Crippen LogP contribution in [0.25, 0.3) is 72.2 Å². The Morgan fingerprint density at radius 2 is 1.00 bits per heavy atom. The molecular formula is C38H25N3. The number of rotatable bonds is 4. The minimum Gasteiger partial charge on any atom is -0.306 e. The Balaban J connectivity index is 1.35. The zero-order valence-electron chi connectivity index (χ0n) is 22.3. The summed E-state index contributed by atoms with van der Waals surface area (Å²) in [7, 11) is 0. The molecule has 3 aromatic heterocycles. The predicted octanol–water partition coefficient (Wildman–Crippen LogP) is 9.70. The van der Waals surface area contributed by atoms with Gasteiger partial charge in [-0.25, -0.2) is 4.98 Å². The van der Waals surface area contributed by atoms with Crippen molar-refractivity contribution in [3.63, 3.8) is 0 Å². The lowest BCUT2D eigenvalue weighted by atomic mass is 9.96. The Morgan fingerprint density at radius 1 is 0.415 bits per heavy atom. The van der Waals surface area contributed by atoms with E-state index in [-0.39, 0.29) is 0 Å². The molecule has 0 saturated carbocycles. The molecule has 0 atom stereocenters. The van der Waals surface area contributed by atoms with E-state index in [0.717, 1.165) is 55.8 Å². The number of benzene rings is 5. The summed E-state index contributed by atoms with van der Waals surface area (Å²) in [4.78, 5) is 9.90. The predicted molar refractivity (Wildman–Crippen MR) is 170 cm³/mol. The maximum atomic E-state index is 5.07. The van der Waals surface area contributed by atoms with Crippen molar-refractivity contribution in [2.24, 2.45) is 0 Å². The number of pyridine rings is 1. The van der Waals surface area contributed by atoms with Gasteiger partial charge in [0.15, 0.2) is 0 Å². The third kappa shape index (κ3) is 3.98. The number of hydrogen-bond donors (Lipinski definition) is 0. The normalized spacial score (nSPS) is 11.4. The zero-order valence-corrected chi connectivity index (χ0v) is 22.3. The van der Waals surface area contributed by atoms with Gasteiger partial charge in [0.05, 0.1) is 39.7 Å². The zero-order chi connectivity index (χ0) is 27.2. The van der Waals surface area contributed by atoms with Gasteiger partial charge in [-0.15, -0.1) is 0 Å². The number of fused-ring (bicyclic) bond motifs is 5. The van der Waals surface area contributed by atoms with Gasteiger partial charge in [-0.1, -0.05) is 109 Å². The molecule has 0 N–H and O–H groups in total. The van der Waals surface area contributed by atoms with E-state index < -0.39 is 0 Å². The topological polar surface area (TPSA) is 30.2 Å². The minimum atomic E-state index is 0.961. The van der Waals surface area contributed by atoms with E-state index in [4.69, 9.17) is 9.97 Å². The first-order valence-electron chi connectivity index (χ1n) is 13.8. The lowest BCUT2D eigenvalue weighted by molar-refractivity contribution is 1.27. The Hall–Kier alpha value is -5.54. The van der Waals surface area contributed by atoms with Crippen molar-refractivity contribution in [1.29, 1.82) is 0 Å². The van der Waals surface area contributed by atoms with E-state index in [1.807, 2.05) is 24.4 Å². The maximum Gasteiger partial charge on any atom is 0.0871 e. The summed E-state index contributed by atoms with van der Waals surface area (Å²) >= 11 is 0. The van der Waals surface area contributed by atoms with Crippen molar-refractivity contribution < 1.29 is 0 Å². The molecule has 0 fully saturated rings. The average Bonchev–Trinajstić information content (AvgIpc) is 3.40. The highest BCUT2D eigenvalue weighted by Crippen LogP contribution is 2.39. The molecule has 3 heteroatoms. The Labute approximate surface area is 238 Å². The van der Waals surface area contributed by atoms with Crippen molar-refractivity contribution in [2.75, 3.05) is 0 Å². The summed E-state index contributed by atoms with van der Waals surface area (Å²) in [6, 6.07) is 51.0. The molecule has 0 unspecified atom stereocenters. The largest absolute Gasteiger partial charge is 0.306 e. The summed E-state index contributed by atoms with van der Waals surface area (Å²) in [6.07, 6.45) is 2.01. The summed E-state index contributed by atoms with van der Waals surface area (Å²) in [6.45, 7) is 0. The third-order valence-corrected chi connectivity index (χ3v) is 7.81. The molecule has 3 heterocycles. The van der Waals surface area contributed by atoms with Crippen LogP contribution in [0.3, 0.4) is 0 Å². The Kier molecular flexibility index (Phi) is 5.46. The van der Waals surface area contributed by atoms with E-state index in [1.54, 1.807) is 0 Å². The van der Waals surface area contributed by atoms with Gasteiger partial charge in [0.1, 0.15) is 0 Å². The first-order valence-corrected chi connectivity index (χ1v) is 13.8. The molecule has 0 amide bonds. The molecule has 0 bridgehead atoms. The second-order valence-electron chi connectivity index (χ2n) is 10.3. The summed E-state index contributed by atoms with van der Waals surface area (Å²) in [5.41, 5.74) is 13.2. The van der Waals surface area contributed by atoms with Gasteiger partial charge in [-0.2, -0.15) is 0 Å².